The smallest absolute Gasteiger partial charge is 0.104 e. The third-order valence-electron chi connectivity index (χ3n) is 3.63. The first-order chi connectivity index (χ1) is 6.78. The van der Waals surface area contributed by atoms with Gasteiger partial charge in [-0.2, -0.15) is 0 Å². The average molecular weight is 193 g/mol. The molecule has 78 valence electrons. The number of rotatable bonds is 2. The zero-order valence-electron chi connectivity index (χ0n) is 8.88. The summed E-state index contributed by atoms with van der Waals surface area (Å²) in [5.41, 5.74) is 7.52. The Morgan fingerprint density at radius 1 is 1.36 bits per heavy atom. The van der Waals surface area contributed by atoms with Crippen LogP contribution < -0.4 is 5.73 Å². The number of hydrogen-bond donors (Lipinski definition) is 1. The lowest BCUT2D eigenvalue weighted by atomic mass is 9.69. The fourth-order valence-electron chi connectivity index (χ4n) is 2.75. The minimum Gasteiger partial charge on any atom is -0.469 e. The summed E-state index contributed by atoms with van der Waals surface area (Å²) in [6.07, 6.45) is 8.21. The molecule has 2 rings (SSSR count). The first kappa shape index (κ1) is 9.78. The summed E-state index contributed by atoms with van der Waals surface area (Å²) in [4.78, 5) is 0. The molecule has 1 aliphatic carbocycles. The highest BCUT2D eigenvalue weighted by Crippen LogP contribution is 2.40. The average Bonchev–Trinajstić information content (AvgIpc) is 2.66. The summed E-state index contributed by atoms with van der Waals surface area (Å²) < 4.78 is 5.39. The normalized spacial score (nSPS) is 21.0. The van der Waals surface area contributed by atoms with E-state index in [1.165, 1.54) is 37.7 Å². The SMILES string of the molecule is Cc1occc1C1(CN)CCCCC1. The van der Waals surface area contributed by atoms with Gasteiger partial charge in [0.15, 0.2) is 0 Å². The fraction of sp³-hybridized carbons (Fsp3) is 0.667. The Kier molecular flexibility index (Phi) is 2.64. The van der Waals surface area contributed by atoms with Gasteiger partial charge in [0.1, 0.15) is 5.76 Å². The van der Waals surface area contributed by atoms with E-state index < -0.39 is 0 Å². The Hall–Kier alpha value is -0.760. The van der Waals surface area contributed by atoms with Crippen LogP contribution in [0.2, 0.25) is 0 Å². The van der Waals surface area contributed by atoms with E-state index in [2.05, 4.69) is 6.07 Å². The Bertz CT molecular complexity index is 297. The van der Waals surface area contributed by atoms with Gasteiger partial charge >= 0.3 is 0 Å². The van der Waals surface area contributed by atoms with Crippen LogP contribution in [0.1, 0.15) is 43.4 Å². The molecule has 2 heteroatoms. The van der Waals surface area contributed by atoms with Crippen molar-refractivity contribution in [2.45, 2.75) is 44.4 Å². The zero-order valence-corrected chi connectivity index (χ0v) is 8.88. The predicted molar refractivity (Wildman–Crippen MR) is 57.3 cm³/mol. The minimum atomic E-state index is 0.218. The highest BCUT2D eigenvalue weighted by Gasteiger charge is 2.34. The third-order valence-corrected chi connectivity index (χ3v) is 3.63. The van der Waals surface area contributed by atoms with Crippen LogP contribution in [0, 0.1) is 6.92 Å². The molecule has 0 unspecified atom stereocenters. The van der Waals surface area contributed by atoms with Gasteiger partial charge in [-0.15, -0.1) is 0 Å². The molecule has 0 aromatic carbocycles. The number of aryl methyl sites for hydroxylation is 1. The maximum Gasteiger partial charge on any atom is 0.104 e. The highest BCUT2D eigenvalue weighted by atomic mass is 16.3. The predicted octanol–water partition coefficient (Wildman–Crippen LogP) is 2.75. The first-order valence-corrected chi connectivity index (χ1v) is 5.53. The zero-order chi connectivity index (χ0) is 10.0. The van der Waals surface area contributed by atoms with Crippen molar-refractivity contribution in [1.82, 2.24) is 0 Å². The van der Waals surface area contributed by atoms with Crippen molar-refractivity contribution in [3.05, 3.63) is 23.7 Å². The summed E-state index contributed by atoms with van der Waals surface area (Å²) in [6.45, 7) is 2.80. The molecule has 0 atom stereocenters. The molecule has 0 amide bonds. The third kappa shape index (κ3) is 1.48. The van der Waals surface area contributed by atoms with Gasteiger partial charge in [-0.1, -0.05) is 19.3 Å². The van der Waals surface area contributed by atoms with Gasteiger partial charge < -0.3 is 10.2 Å². The monoisotopic (exact) mass is 193 g/mol. The van der Waals surface area contributed by atoms with Crippen molar-refractivity contribution in [3.63, 3.8) is 0 Å². The molecule has 0 saturated heterocycles. The second-order valence-electron chi connectivity index (χ2n) is 4.44. The van der Waals surface area contributed by atoms with Crippen LogP contribution in [-0.4, -0.2) is 6.54 Å². The van der Waals surface area contributed by atoms with Gasteiger partial charge in [0.05, 0.1) is 6.26 Å². The summed E-state index contributed by atoms with van der Waals surface area (Å²) in [7, 11) is 0. The van der Waals surface area contributed by atoms with Crippen LogP contribution >= 0.6 is 0 Å². The molecule has 0 bridgehead atoms. The van der Waals surface area contributed by atoms with Gasteiger partial charge in [-0.3, -0.25) is 0 Å². The van der Waals surface area contributed by atoms with Crippen molar-refractivity contribution < 1.29 is 4.42 Å². The van der Waals surface area contributed by atoms with E-state index in [1.807, 2.05) is 6.92 Å². The molecule has 2 nitrogen and oxygen atoms in total. The first-order valence-electron chi connectivity index (χ1n) is 5.53. The van der Waals surface area contributed by atoms with Gasteiger partial charge in [0.25, 0.3) is 0 Å². The lowest BCUT2D eigenvalue weighted by molar-refractivity contribution is 0.296. The second kappa shape index (κ2) is 3.77. The summed E-state index contributed by atoms with van der Waals surface area (Å²) >= 11 is 0. The van der Waals surface area contributed by atoms with Crippen LogP contribution in [-0.2, 0) is 5.41 Å². The molecule has 1 aliphatic rings. The Balaban J connectivity index is 2.31. The summed E-state index contributed by atoms with van der Waals surface area (Å²) in [5, 5.41) is 0. The largest absolute Gasteiger partial charge is 0.469 e. The van der Waals surface area contributed by atoms with Crippen molar-refractivity contribution in [1.29, 1.82) is 0 Å². The molecule has 1 aromatic rings. The maximum absolute atomic E-state index is 5.96. The lowest BCUT2D eigenvalue weighted by Gasteiger charge is -2.36. The molecule has 0 radical (unpaired) electrons. The molecular weight excluding hydrogens is 174 g/mol. The van der Waals surface area contributed by atoms with E-state index in [4.69, 9.17) is 10.2 Å². The molecule has 0 spiro atoms. The quantitative estimate of drug-likeness (QED) is 0.784. The van der Waals surface area contributed by atoms with Crippen molar-refractivity contribution in [2.24, 2.45) is 5.73 Å². The molecular formula is C12H19NO. The fourth-order valence-corrected chi connectivity index (χ4v) is 2.75. The van der Waals surface area contributed by atoms with E-state index in [9.17, 15) is 0 Å². The van der Waals surface area contributed by atoms with Gasteiger partial charge in [0.2, 0.25) is 0 Å². The van der Waals surface area contributed by atoms with Gasteiger partial charge in [-0.05, 0) is 25.8 Å². The van der Waals surface area contributed by atoms with Crippen LogP contribution in [0.5, 0.6) is 0 Å². The lowest BCUT2D eigenvalue weighted by Crippen LogP contribution is -2.37. The maximum atomic E-state index is 5.96. The topological polar surface area (TPSA) is 39.2 Å². The number of hydrogen-bond acceptors (Lipinski definition) is 2. The van der Waals surface area contributed by atoms with Crippen LogP contribution in [0.15, 0.2) is 16.7 Å². The van der Waals surface area contributed by atoms with E-state index in [-0.39, 0.29) is 5.41 Å². The number of nitrogens with two attached hydrogens (primary N) is 1. The molecule has 2 N–H and O–H groups in total. The standard InChI is InChI=1S/C12H19NO/c1-10-11(5-8-14-10)12(9-13)6-3-2-4-7-12/h5,8H,2-4,6-7,9,13H2,1H3. The number of furan rings is 1. The van der Waals surface area contributed by atoms with E-state index in [1.54, 1.807) is 6.26 Å². The Morgan fingerprint density at radius 3 is 2.57 bits per heavy atom. The molecule has 1 fully saturated rings. The van der Waals surface area contributed by atoms with Crippen LogP contribution in [0.3, 0.4) is 0 Å². The van der Waals surface area contributed by atoms with Crippen molar-refractivity contribution in [3.8, 4) is 0 Å². The van der Waals surface area contributed by atoms with E-state index in [0.29, 0.717) is 0 Å². The summed E-state index contributed by atoms with van der Waals surface area (Å²) in [6, 6.07) is 2.10. The van der Waals surface area contributed by atoms with E-state index >= 15 is 0 Å². The molecule has 1 heterocycles. The molecule has 1 saturated carbocycles. The molecule has 0 aliphatic heterocycles. The second-order valence-corrected chi connectivity index (χ2v) is 4.44. The molecule has 14 heavy (non-hydrogen) atoms. The molecule has 1 aromatic heterocycles. The van der Waals surface area contributed by atoms with E-state index in [0.717, 1.165) is 12.3 Å². The highest BCUT2D eigenvalue weighted by molar-refractivity contribution is 5.28. The van der Waals surface area contributed by atoms with Crippen molar-refractivity contribution >= 4 is 0 Å². The summed E-state index contributed by atoms with van der Waals surface area (Å²) in [5.74, 6) is 1.05. The van der Waals surface area contributed by atoms with Crippen LogP contribution in [0.4, 0.5) is 0 Å². The van der Waals surface area contributed by atoms with Gasteiger partial charge in [0, 0.05) is 17.5 Å². The minimum absolute atomic E-state index is 0.218. The van der Waals surface area contributed by atoms with Crippen LogP contribution in [0.25, 0.3) is 0 Å². The van der Waals surface area contributed by atoms with Gasteiger partial charge in [-0.25, -0.2) is 0 Å². The Labute approximate surface area is 85.5 Å². The van der Waals surface area contributed by atoms with Crippen molar-refractivity contribution in [2.75, 3.05) is 6.54 Å². The Morgan fingerprint density at radius 2 is 2.07 bits per heavy atom.